The molecule has 8 heteroatoms. The fourth-order valence-corrected chi connectivity index (χ4v) is 2.15. The minimum atomic E-state index is -0.563. The average Bonchev–Trinajstić information content (AvgIpc) is 2.96. The van der Waals surface area contributed by atoms with Gasteiger partial charge in [-0.15, -0.1) is 0 Å². The summed E-state index contributed by atoms with van der Waals surface area (Å²) in [5.74, 6) is -0.811. The maximum atomic E-state index is 11.9. The third-order valence-corrected chi connectivity index (χ3v) is 3.22. The number of ketones is 1. The van der Waals surface area contributed by atoms with E-state index in [0.717, 1.165) is 0 Å². The van der Waals surface area contributed by atoms with Crippen LogP contribution in [0.1, 0.15) is 16.9 Å². The Balaban J connectivity index is 1.94. The number of primary amides is 1. The molecule has 1 amide bonds. The number of Topliss-reactive ketones (excluding diaryl/α,β-unsaturated/α-hetero) is 1. The number of amides is 1. The van der Waals surface area contributed by atoms with E-state index in [1.54, 1.807) is 0 Å². The molecule has 1 aromatic rings. The van der Waals surface area contributed by atoms with Crippen molar-refractivity contribution in [3.8, 4) is 0 Å². The Kier molecular flexibility index (Phi) is 3.61. The highest BCUT2D eigenvalue weighted by Crippen LogP contribution is 2.17. The Morgan fingerprint density at radius 3 is 2.84 bits per heavy atom. The lowest BCUT2D eigenvalue weighted by atomic mass is 10.1. The van der Waals surface area contributed by atoms with Gasteiger partial charge >= 0.3 is 0 Å². The molecule has 0 bridgehead atoms. The van der Waals surface area contributed by atoms with Crippen LogP contribution in [0.25, 0.3) is 0 Å². The van der Waals surface area contributed by atoms with E-state index >= 15 is 0 Å². The zero-order valence-electron chi connectivity index (χ0n) is 10.2. The summed E-state index contributed by atoms with van der Waals surface area (Å²) in [5, 5.41) is 10.5. The molecule has 1 atom stereocenters. The predicted molar refractivity (Wildman–Crippen MR) is 65.5 cm³/mol. The predicted octanol–water partition coefficient (Wildman–Crippen LogP) is -0.0872. The van der Waals surface area contributed by atoms with Crippen molar-refractivity contribution in [2.75, 3.05) is 19.6 Å². The standard InChI is InChI=1S/C11H14N4O4/c12-11(17)7-1-2-14(5-7)6-10(16)9-3-8(4-13-9)15(18)19/h3-4,7,13H,1-2,5-6H2,(H2,12,17). The molecular weight excluding hydrogens is 252 g/mol. The number of likely N-dealkylation sites (tertiary alicyclic amines) is 1. The highest BCUT2D eigenvalue weighted by atomic mass is 16.6. The smallest absolute Gasteiger partial charge is 0.287 e. The van der Waals surface area contributed by atoms with Gasteiger partial charge in [-0.1, -0.05) is 0 Å². The van der Waals surface area contributed by atoms with Gasteiger partial charge in [-0.25, -0.2) is 0 Å². The fraction of sp³-hybridized carbons (Fsp3) is 0.455. The Morgan fingerprint density at radius 1 is 1.58 bits per heavy atom. The Bertz CT molecular complexity index is 525. The molecule has 2 heterocycles. The molecule has 1 aliphatic rings. The van der Waals surface area contributed by atoms with Gasteiger partial charge in [0.15, 0.2) is 5.78 Å². The number of aromatic amines is 1. The Hall–Kier alpha value is -2.22. The van der Waals surface area contributed by atoms with Gasteiger partial charge in [-0.3, -0.25) is 24.6 Å². The number of nitrogens with two attached hydrogens (primary N) is 1. The first-order chi connectivity index (χ1) is 8.97. The van der Waals surface area contributed by atoms with E-state index in [2.05, 4.69) is 4.98 Å². The van der Waals surface area contributed by atoms with Crippen molar-refractivity contribution in [1.29, 1.82) is 0 Å². The monoisotopic (exact) mass is 266 g/mol. The number of nitrogens with one attached hydrogen (secondary N) is 1. The number of hydrogen-bond donors (Lipinski definition) is 2. The van der Waals surface area contributed by atoms with E-state index in [4.69, 9.17) is 5.73 Å². The zero-order valence-corrected chi connectivity index (χ0v) is 10.2. The lowest BCUT2D eigenvalue weighted by Gasteiger charge is -2.13. The lowest BCUT2D eigenvalue weighted by molar-refractivity contribution is -0.384. The van der Waals surface area contributed by atoms with Crippen LogP contribution >= 0.6 is 0 Å². The molecule has 0 saturated carbocycles. The van der Waals surface area contributed by atoms with Crippen LogP contribution in [-0.4, -0.2) is 46.1 Å². The number of nitro groups is 1. The largest absolute Gasteiger partial charge is 0.369 e. The molecule has 1 unspecified atom stereocenters. The molecule has 1 aliphatic heterocycles. The molecule has 19 heavy (non-hydrogen) atoms. The summed E-state index contributed by atoms with van der Waals surface area (Å²) in [6.45, 7) is 1.22. The molecule has 2 rings (SSSR count). The normalized spacial score (nSPS) is 19.5. The van der Waals surface area contributed by atoms with Crippen LogP contribution in [0.3, 0.4) is 0 Å². The summed E-state index contributed by atoms with van der Waals surface area (Å²) in [7, 11) is 0. The van der Waals surface area contributed by atoms with E-state index < -0.39 is 4.92 Å². The van der Waals surface area contributed by atoms with Crippen molar-refractivity contribution in [1.82, 2.24) is 9.88 Å². The van der Waals surface area contributed by atoms with Gasteiger partial charge < -0.3 is 10.7 Å². The summed E-state index contributed by atoms with van der Waals surface area (Å²) in [4.78, 5) is 37.3. The summed E-state index contributed by atoms with van der Waals surface area (Å²) in [6, 6.07) is 1.21. The van der Waals surface area contributed by atoms with Crippen LogP contribution < -0.4 is 5.73 Å². The highest BCUT2D eigenvalue weighted by molar-refractivity contribution is 5.96. The Labute approximate surface area is 108 Å². The molecule has 3 N–H and O–H groups in total. The van der Waals surface area contributed by atoms with Crippen LogP contribution in [0, 0.1) is 16.0 Å². The minimum Gasteiger partial charge on any atom is -0.369 e. The molecule has 1 fully saturated rings. The van der Waals surface area contributed by atoms with Gasteiger partial charge in [0.05, 0.1) is 29.3 Å². The summed E-state index contributed by atoms with van der Waals surface area (Å²) in [6.07, 6.45) is 1.83. The van der Waals surface area contributed by atoms with Crippen LogP contribution in [0.15, 0.2) is 12.3 Å². The lowest BCUT2D eigenvalue weighted by Crippen LogP contribution is -2.31. The van der Waals surface area contributed by atoms with Gasteiger partial charge in [0.2, 0.25) is 5.91 Å². The molecule has 1 aromatic heterocycles. The maximum absolute atomic E-state index is 11.9. The summed E-state index contributed by atoms with van der Waals surface area (Å²) < 4.78 is 0. The maximum Gasteiger partial charge on any atom is 0.287 e. The quantitative estimate of drug-likeness (QED) is 0.438. The van der Waals surface area contributed by atoms with E-state index in [0.29, 0.717) is 19.5 Å². The molecule has 0 aliphatic carbocycles. The van der Waals surface area contributed by atoms with Gasteiger partial charge in [0.25, 0.3) is 5.69 Å². The van der Waals surface area contributed by atoms with Crippen LogP contribution in [-0.2, 0) is 4.79 Å². The first-order valence-electron chi connectivity index (χ1n) is 5.85. The first-order valence-corrected chi connectivity index (χ1v) is 5.85. The number of carbonyl (C=O) groups is 2. The molecular formula is C11H14N4O4. The van der Waals surface area contributed by atoms with Gasteiger partial charge in [0, 0.05) is 12.6 Å². The fourth-order valence-electron chi connectivity index (χ4n) is 2.15. The van der Waals surface area contributed by atoms with Crippen molar-refractivity contribution in [2.24, 2.45) is 11.7 Å². The number of nitrogens with zero attached hydrogens (tertiary/aromatic N) is 2. The number of carbonyl (C=O) groups excluding carboxylic acids is 2. The zero-order chi connectivity index (χ0) is 14.0. The van der Waals surface area contributed by atoms with Gasteiger partial charge in [0.1, 0.15) is 0 Å². The second-order valence-corrected chi connectivity index (χ2v) is 4.57. The molecule has 8 nitrogen and oxygen atoms in total. The molecule has 102 valence electrons. The SMILES string of the molecule is NC(=O)C1CCN(CC(=O)c2cc([N+](=O)[O-])c[nH]2)C1. The molecule has 0 radical (unpaired) electrons. The number of H-pyrrole nitrogens is 1. The molecule has 0 spiro atoms. The summed E-state index contributed by atoms with van der Waals surface area (Å²) in [5.41, 5.74) is 5.27. The van der Waals surface area contributed by atoms with E-state index in [1.165, 1.54) is 12.3 Å². The second kappa shape index (κ2) is 5.19. The molecule has 1 saturated heterocycles. The van der Waals surface area contributed by atoms with Crippen LogP contribution in [0.4, 0.5) is 5.69 Å². The third-order valence-electron chi connectivity index (χ3n) is 3.22. The number of rotatable bonds is 5. The van der Waals surface area contributed by atoms with Crippen molar-refractivity contribution in [2.45, 2.75) is 6.42 Å². The average molecular weight is 266 g/mol. The van der Waals surface area contributed by atoms with Crippen molar-refractivity contribution in [3.05, 3.63) is 28.1 Å². The number of hydrogen-bond acceptors (Lipinski definition) is 5. The minimum absolute atomic E-state index is 0.126. The van der Waals surface area contributed by atoms with E-state index in [1.807, 2.05) is 4.90 Å². The summed E-state index contributed by atoms with van der Waals surface area (Å²) >= 11 is 0. The van der Waals surface area contributed by atoms with Crippen molar-refractivity contribution in [3.63, 3.8) is 0 Å². The van der Waals surface area contributed by atoms with Crippen molar-refractivity contribution >= 4 is 17.4 Å². The highest BCUT2D eigenvalue weighted by Gasteiger charge is 2.28. The number of aromatic nitrogens is 1. The van der Waals surface area contributed by atoms with Gasteiger partial charge in [-0.2, -0.15) is 0 Å². The van der Waals surface area contributed by atoms with Crippen LogP contribution in [0.5, 0.6) is 0 Å². The van der Waals surface area contributed by atoms with Crippen LogP contribution in [0.2, 0.25) is 0 Å². The topological polar surface area (TPSA) is 122 Å². The molecule has 0 aromatic carbocycles. The second-order valence-electron chi connectivity index (χ2n) is 4.57. The van der Waals surface area contributed by atoms with Gasteiger partial charge in [-0.05, 0) is 13.0 Å². The third kappa shape index (κ3) is 2.97. The van der Waals surface area contributed by atoms with E-state index in [-0.39, 0.29) is 35.5 Å². The van der Waals surface area contributed by atoms with E-state index in [9.17, 15) is 19.7 Å². The first kappa shape index (κ1) is 13.2. The Morgan fingerprint density at radius 2 is 2.32 bits per heavy atom. The van der Waals surface area contributed by atoms with Crippen molar-refractivity contribution < 1.29 is 14.5 Å².